The third-order valence-electron chi connectivity index (χ3n) is 2.26. The summed E-state index contributed by atoms with van der Waals surface area (Å²) >= 11 is 0. The molecule has 0 aliphatic rings. The summed E-state index contributed by atoms with van der Waals surface area (Å²) in [6, 6.07) is 1.87. The Bertz CT molecular complexity index is 460. The predicted molar refractivity (Wildman–Crippen MR) is 59.6 cm³/mol. The van der Waals surface area contributed by atoms with Crippen LogP contribution in [0.4, 0.5) is 13.2 Å². The molecule has 0 N–H and O–H groups in total. The molecule has 0 unspecified atom stereocenters. The number of aromatic nitrogens is 1. The minimum absolute atomic E-state index is 0.0555. The number of rotatable bonds is 3. The van der Waals surface area contributed by atoms with Crippen molar-refractivity contribution in [1.82, 2.24) is 9.88 Å². The number of hydrogen-bond acceptors (Lipinski definition) is 2. The number of hydrogen-bond donors (Lipinski definition) is 0. The van der Waals surface area contributed by atoms with E-state index >= 15 is 0 Å². The highest BCUT2D eigenvalue weighted by Crippen LogP contribution is 2.28. The maximum absolute atomic E-state index is 12.3. The molecule has 0 aliphatic carbocycles. The molecule has 3 nitrogen and oxygen atoms in total. The van der Waals surface area contributed by atoms with E-state index in [2.05, 4.69) is 10.9 Å². The predicted octanol–water partition coefficient (Wildman–Crippen LogP) is 2.20. The lowest BCUT2D eigenvalue weighted by Crippen LogP contribution is -2.31. The Morgan fingerprint density at radius 3 is 2.56 bits per heavy atom. The molecule has 1 aromatic heterocycles. The van der Waals surface area contributed by atoms with Gasteiger partial charge < -0.3 is 4.90 Å². The zero-order chi connectivity index (χ0) is 13.8. The van der Waals surface area contributed by atoms with Crippen LogP contribution in [0.25, 0.3) is 0 Å². The van der Waals surface area contributed by atoms with Crippen molar-refractivity contribution >= 4 is 5.91 Å². The van der Waals surface area contributed by atoms with Crippen molar-refractivity contribution in [3.63, 3.8) is 0 Å². The largest absolute Gasteiger partial charge is 0.417 e. The Labute approximate surface area is 103 Å². The van der Waals surface area contributed by atoms with E-state index in [9.17, 15) is 18.0 Å². The minimum atomic E-state index is -4.46. The van der Waals surface area contributed by atoms with Gasteiger partial charge in [0.05, 0.1) is 12.1 Å². The highest BCUT2D eigenvalue weighted by molar-refractivity contribution is 5.92. The summed E-state index contributed by atoms with van der Waals surface area (Å²) in [5.74, 6) is 1.82. The first-order chi connectivity index (χ1) is 8.40. The average Bonchev–Trinajstić information content (AvgIpc) is 2.34. The Balaban J connectivity index is 2.92. The van der Waals surface area contributed by atoms with Crippen LogP contribution < -0.4 is 0 Å². The Morgan fingerprint density at radius 2 is 2.17 bits per heavy atom. The lowest BCUT2D eigenvalue weighted by atomic mass is 10.2. The lowest BCUT2D eigenvalue weighted by molar-refractivity contribution is -0.137. The van der Waals surface area contributed by atoms with E-state index in [-0.39, 0.29) is 12.2 Å². The summed E-state index contributed by atoms with van der Waals surface area (Å²) in [4.78, 5) is 16.6. The standard InChI is InChI=1S/C12H11F3N2O/c1-3-7-17(4-2)11(18)10-6-5-9(8-16-10)12(13,14)15/h1,5-6,8H,4,7H2,2H3. The minimum Gasteiger partial charge on any atom is -0.326 e. The van der Waals surface area contributed by atoms with E-state index in [0.717, 1.165) is 12.1 Å². The molecule has 0 bridgehead atoms. The number of carbonyl (C=O) groups is 1. The summed E-state index contributed by atoms with van der Waals surface area (Å²) in [6.07, 6.45) is 1.26. The molecule has 1 heterocycles. The number of terminal acetylenes is 1. The van der Waals surface area contributed by atoms with Crippen molar-refractivity contribution < 1.29 is 18.0 Å². The van der Waals surface area contributed by atoms with E-state index < -0.39 is 17.6 Å². The summed E-state index contributed by atoms with van der Waals surface area (Å²) in [5.41, 5.74) is -0.945. The van der Waals surface area contributed by atoms with Crippen LogP contribution in [0.5, 0.6) is 0 Å². The molecule has 18 heavy (non-hydrogen) atoms. The molecule has 6 heteroatoms. The topological polar surface area (TPSA) is 33.2 Å². The summed E-state index contributed by atoms with van der Waals surface area (Å²) in [5, 5.41) is 0. The molecule has 1 aromatic rings. The molecule has 0 spiro atoms. The van der Waals surface area contributed by atoms with E-state index in [0.29, 0.717) is 12.7 Å². The third-order valence-corrected chi connectivity index (χ3v) is 2.26. The molecule has 0 aromatic carbocycles. The second-order valence-electron chi connectivity index (χ2n) is 3.45. The van der Waals surface area contributed by atoms with Crippen molar-refractivity contribution in [2.45, 2.75) is 13.1 Å². The van der Waals surface area contributed by atoms with Crippen LogP contribution in [0.1, 0.15) is 23.0 Å². The zero-order valence-corrected chi connectivity index (χ0v) is 9.66. The number of alkyl halides is 3. The van der Waals surface area contributed by atoms with Gasteiger partial charge in [-0.3, -0.25) is 9.78 Å². The second-order valence-corrected chi connectivity index (χ2v) is 3.45. The zero-order valence-electron chi connectivity index (χ0n) is 9.66. The highest BCUT2D eigenvalue weighted by Gasteiger charge is 2.31. The van der Waals surface area contributed by atoms with Gasteiger partial charge in [-0.1, -0.05) is 5.92 Å². The quantitative estimate of drug-likeness (QED) is 0.777. The van der Waals surface area contributed by atoms with Crippen LogP contribution in [-0.4, -0.2) is 28.9 Å². The first-order valence-corrected chi connectivity index (χ1v) is 5.16. The lowest BCUT2D eigenvalue weighted by Gasteiger charge is -2.17. The molecule has 1 rings (SSSR count). The van der Waals surface area contributed by atoms with Crippen molar-refractivity contribution in [1.29, 1.82) is 0 Å². The maximum atomic E-state index is 12.3. The van der Waals surface area contributed by atoms with Gasteiger partial charge in [0.25, 0.3) is 5.91 Å². The monoisotopic (exact) mass is 256 g/mol. The van der Waals surface area contributed by atoms with Crippen molar-refractivity contribution in [2.75, 3.05) is 13.1 Å². The fourth-order valence-corrected chi connectivity index (χ4v) is 1.29. The maximum Gasteiger partial charge on any atom is 0.417 e. The summed E-state index contributed by atoms with van der Waals surface area (Å²) in [6.45, 7) is 2.18. The van der Waals surface area contributed by atoms with E-state index in [1.165, 1.54) is 4.90 Å². The molecule has 96 valence electrons. The van der Waals surface area contributed by atoms with Crippen LogP contribution in [0, 0.1) is 12.3 Å². The fraction of sp³-hybridized carbons (Fsp3) is 0.333. The van der Waals surface area contributed by atoms with Gasteiger partial charge in [-0.15, -0.1) is 6.42 Å². The number of amides is 1. The molecule has 0 aliphatic heterocycles. The Hall–Kier alpha value is -2.03. The van der Waals surface area contributed by atoms with E-state index in [1.54, 1.807) is 6.92 Å². The smallest absolute Gasteiger partial charge is 0.326 e. The molecule has 0 saturated heterocycles. The number of halogens is 3. The molecule has 0 saturated carbocycles. The second kappa shape index (κ2) is 5.54. The fourth-order valence-electron chi connectivity index (χ4n) is 1.29. The molecule has 0 radical (unpaired) electrons. The number of carbonyl (C=O) groups excluding carboxylic acids is 1. The van der Waals surface area contributed by atoms with Crippen LogP contribution in [0.15, 0.2) is 18.3 Å². The van der Waals surface area contributed by atoms with Crippen LogP contribution in [0.2, 0.25) is 0 Å². The summed E-state index contributed by atoms with van der Waals surface area (Å²) in [7, 11) is 0. The Kier molecular flexibility index (Phi) is 4.32. The van der Waals surface area contributed by atoms with Gasteiger partial charge in [0.1, 0.15) is 5.69 Å². The molecule has 1 amide bonds. The molecular formula is C12H11F3N2O. The van der Waals surface area contributed by atoms with Crippen molar-refractivity contribution in [2.24, 2.45) is 0 Å². The van der Waals surface area contributed by atoms with Crippen LogP contribution >= 0.6 is 0 Å². The highest BCUT2D eigenvalue weighted by atomic mass is 19.4. The van der Waals surface area contributed by atoms with Gasteiger partial charge in [-0.25, -0.2) is 0 Å². The van der Waals surface area contributed by atoms with Gasteiger partial charge >= 0.3 is 6.18 Å². The SMILES string of the molecule is C#CCN(CC)C(=O)c1ccc(C(F)(F)F)cn1. The van der Waals surface area contributed by atoms with Gasteiger partial charge in [-0.05, 0) is 19.1 Å². The van der Waals surface area contributed by atoms with Crippen LogP contribution in [0.3, 0.4) is 0 Å². The molecule has 0 atom stereocenters. The van der Waals surface area contributed by atoms with E-state index in [1.807, 2.05) is 0 Å². The van der Waals surface area contributed by atoms with Crippen molar-refractivity contribution in [3.05, 3.63) is 29.6 Å². The first-order valence-electron chi connectivity index (χ1n) is 5.16. The normalized spacial score (nSPS) is 10.8. The summed E-state index contributed by atoms with van der Waals surface area (Å²) < 4.78 is 36.9. The first kappa shape index (κ1) is 14.0. The van der Waals surface area contributed by atoms with Crippen molar-refractivity contribution in [3.8, 4) is 12.3 Å². The van der Waals surface area contributed by atoms with Gasteiger partial charge in [-0.2, -0.15) is 13.2 Å². The van der Waals surface area contributed by atoms with Gasteiger partial charge in [0.15, 0.2) is 0 Å². The third kappa shape index (κ3) is 3.23. The molecule has 0 fully saturated rings. The average molecular weight is 256 g/mol. The molecular weight excluding hydrogens is 245 g/mol. The number of pyridine rings is 1. The van der Waals surface area contributed by atoms with Crippen LogP contribution in [-0.2, 0) is 6.18 Å². The Morgan fingerprint density at radius 1 is 1.50 bits per heavy atom. The number of nitrogens with zero attached hydrogens (tertiary/aromatic N) is 2. The van der Waals surface area contributed by atoms with Gasteiger partial charge in [0, 0.05) is 12.7 Å². The van der Waals surface area contributed by atoms with Gasteiger partial charge in [0.2, 0.25) is 0 Å². The van der Waals surface area contributed by atoms with E-state index in [4.69, 9.17) is 6.42 Å².